The molecule has 6 nitrogen and oxygen atoms in total. The van der Waals surface area contributed by atoms with Gasteiger partial charge in [0, 0.05) is 56.1 Å². The molecule has 0 atom stereocenters. The Kier molecular flexibility index (Phi) is 9.52. The number of benzene rings is 3. The van der Waals surface area contributed by atoms with E-state index < -0.39 is 0 Å². The van der Waals surface area contributed by atoms with Crippen LogP contribution in [0.15, 0.2) is 72.8 Å². The first kappa shape index (κ1) is 27.2. The third-order valence-electron chi connectivity index (χ3n) is 8.04. The van der Waals surface area contributed by atoms with E-state index in [1.54, 1.807) is 7.11 Å². The zero-order chi connectivity index (χ0) is 26.9. The zero-order valence-corrected chi connectivity index (χ0v) is 23.3. The molecule has 0 aliphatic carbocycles. The van der Waals surface area contributed by atoms with Crippen molar-refractivity contribution in [3.05, 3.63) is 83.9 Å². The lowest BCUT2D eigenvalue weighted by molar-refractivity contribution is 0.0952. The van der Waals surface area contributed by atoms with Crippen LogP contribution in [0.25, 0.3) is 11.1 Å². The second kappa shape index (κ2) is 13.6. The number of carbonyl (C=O) groups excluding carboxylic acids is 1. The second-order valence-corrected chi connectivity index (χ2v) is 10.7. The van der Waals surface area contributed by atoms with Gasteiger partial charge in [-0.05, 0) is 86.8 Å². The van der Waals surface area contributed by atoms with Crippen LogP contribution in [0.1, 0.15) is 35.2 Å². The number of carbonyl (C=O) groups is 1. The highest BCUT2D eigenvalue weighted by molar-refractivity contribution is 5.96. The molecule has 0 spiro atoms. The number of ether oxygens (including phenoxy) is 1. The summed E-state index contributed by atoms with van der Waals surface area (Å²) in [6, 6.07) is 25.1. The van der Waals surface area contributed by atoms with Crippen molar-refractivity contribution in [2.45, 2.75) is 25.7 Å². The Balaban J connectivity index is 1.16. The van der Waals surface area contributed by atoms with E-state index in [1.807, 2.05) is 24.3 Å². The third kappa shape index (κ3) is 7.40. The van der Waals surface area contributed by atoms with E-state index in [1.165, 1.54) is 42.7 Å². The van der Waals surface area contributed by atoms with Gasteiger partial charge in [-0.3, -0.25) is 9.69 Å². The van der Waals surface area contributed by atoms with Crippen LogP contribution >= 0.6 is 0 Å². The molecule has 2 aliphatic rings. The van der Waals surface area contributed by atoms with Crippen LogP contribution in [-0.2, 0) is 6.42 Å². The van der Waals surface area contributed by atoms with Crippen LogP contribution in [0.4, 0.5) is 5.69 Å². The number of nitrogens with one attached hydrogen (secondary N) is 1. The number of rotatable bonds is 11. The molecule has 0 bridgehead atoms. The maximum atomic E-state index is 12.9. The molecule has 3 aromatic rings. The fourth-order valence-corrected chi connectivity index (χ4v) is 5.76. The van der Waals surface area contributed by atoms with E-state index in [4.69, 9.17) is 4.74 Å². The van der Waals surface area contributed by atoms with Gasteiger partial charge in [0.2, 0.25) is 0 Å². The second-order valence-electron chi connectivity index (χ2n) is 10.7. The molecule has 2 heterocycles. The van der Waals surface area contributed by atoms with Gasteiger partial charge >= 0.3 is 0 Å². The van der Waals surface area contributed by atoms with E-state index in [9.17, 15) is 4.79 Å². The quantitative estimate of drug-likeness (QED) is 0.359. The van der Waals surface area contributed by atoms with Gasteiger partial charge in [-0.15, -0.1) is 0 Å². The number of amides is 1. The van der Waals surface area contributed by atoms with E-state index in [0.29, 0.717) is 0 Å². The maximum absolute atomic E-state index is 12.9. The number of likely N-dealkylation sites (tertiary alicyclic amines) is 1. The van der Waals surface area contributed by atoms with E-state index in [-0.39, 0.29) is 5.91 Å². The molecule has 206 valence electrons. The van der Waals surface area contributed by atoms with Gasteiger partial charge in [-0.2, -0.15) is 0 Å². The lowest BCUT2D eigenvalue weighted by Crippen LogP contribution is -2.47. The summed E-state index contributed by atoms with van der Waals surface area (Å²) in [5.41, 5.74) is 5.57. The first-order valence-electron chi connectivity index (χ1n) is 14.5. The molecular weight excluding hydrogens is 484 g/mol. The van der Waals surface area contributed by atoms with Crippen molar-refractivity contribution >= 4 is 11.6 Å². The van der Waals surface area contributed by atoms with Crippen LogP contribution in [0.2, 0.25) is 0 Å². The van der Waals surface area contributed by atoms with E-state index in [2.05, 4.69) is 68.5 Å². The molecule has 0 saturated carbocycles. The highest BCUT2D eigenvalue weighted by Gasteiger charge is 2.20. The van der Waals surface area contributed by atoms with Gasteiger partial charge in [0.05, 0.1) is 7.11 Å². The first-order valence-corrected chi connectivity index (χ1v) is 14.5. The summed E-state index contributed by atoms with van der Waals surface area (Å²) >= 11 is 0. The number of methoxy groups -OCH3 is 1. The Morgan fingerprint density at radius 2 is 1.59 bits per heavy atom. The smallest absolute Gasteiger partial charge is 0.251 e. The summed E-state index contributed by atoms with van der Waals surface area (Å²) in [6.07, 6.45) is 4.64. The summed E-state index contributed by atoms with van der Waals surface area (Å²) in [6.45, 7) is 9.31. The van der Waals surface area contributed by atoms with Gasteiger partial charge in [-0.1, -0.05) is 42.5 Å². The van der Waals surface area contributed by atoms with Gasteiger partial charge < -0.3 is 19.9 Å². The summed E-state index contributed by atoms with van der Waals surface area (Å²) < 4.78 is 5.37. The summed E-state index contributed by atoms with van der Waals surface area (Å²) in [7, 11) is 1.72. The minimum atomic E-state index is 0.0143. The van der Waals surface area contributed by atoms with Gasteiger partial charge in [0.25, 0.3) is 5.91 Å². The SMILES string of the molecule is COc1cccc(CCN2CCN(c3ccccc3-c3cccc(C(=O)NCCCN4CCCC4)c3)CC2)c1. The lowest BCUT2D eigenvalue weighted by atomic mass is 10.00. The normalized spacial score (nSPS) is 16.4. The average molecular weight is 527 g/mol. The lowest BCUT2D eigenvalue weighted by Gasteiger charge is -2.37. The average Bonchev–Trinajstić information content (AvgIpc) is 3.52. The largest absolute Gasteiger partial charge is 0.497 e. The third-order valence-corrected chi connectivity index (χ3v) is 8.04. The number of nitrogens with zero attached hydrogens (tertiary/aromatic N) is 3. The fraction of sp³-hybridized carbons (Fsp3) is 0.424. The molecule has 2 fully saturated rings. The van der Waals surface area contributed by atoms with E-state index >= 15 is 0 Å². The van der Waals surface area contributed by atoms with Crippen LogP contribution in [0.5, 0.6) is 5.75 Å². The summed E-state index contributed by atoms with van der Waals surface area (Å²) in [5, 5.41) is 3.13. The number of hydrogen-bond donors (Lipinski definition) is 1. The molecule has 2 aliphatic heterocycles. The van der Waals surface area contributed by atoms with Gasteiger partial charge in [-0.25, -0.2) is 0 Å². The van der Waals surface area contributed by atoms with Crippen molar-refractivity contribution < 1.29 is 9.53 Å². The van der Waals surface area contributed by atoms with Crippen molar-refractivity contribution in [1.82, 2.24) is 15.1 Å². The fourth-order valence-electron chi connectivity index (χ4n) is 5.76. The first-order chi connectivity index (χ1) is 19.2. The zero-order valence-electron chi connectivity index (χ0n) is 23.3. The molecule has 3 aromatic carbocycles. The molecule has 5 rings (SSSR count). The van der Waals surface area contributed by atoms with Crippen LogP contribution in [0, 0.1) is 0 Å². The Morgan fingerprint density at radius 1 is 0.821 bits per heavy atom. The van der Waals surface area contributed by atoms with Gasteiger partial charge in [0.15, 0.2) is 0 Å². The maximum Gasteiger partial charge on any atom is 0.251 e. The van der Waals surface area contributed by atoms with Crippen LogP contribution in [0.3, 0.4) is 0 Å². The predicted octanol–water partition coefficient (Wildman–Crippen LogP) is 4.94. The topological polar surface area (TPSA) is 48.1 Å². The molecule has 39 heavy (non-hydrogen) atoms. The van der Waals surface area contributed by atoms with Crippen molar-refractivity contribution in [2.24, 2.45) is 0 Å². The Labute approximate surface area is 233 Å². The molecule has 0 aromatic heterocycles. The molecule has 1 amide bonds. The minimum absolute atomic E-state index is 0.0143. The molecule has 1 N–H and O–H groups in total. The minimum Gasteiger partial charge on any atom is -0.497 e. The number of piperazine rings is 1. The molecule has 2 saturated heterocycles. The van der Waals surface area contributed by atoms with Crippen LogP contribution in [-0.4, -0.2) is 81.7 Å². The van der Waals surface area contributed by atoms with Crippen molar-refractivity contribution in [3.8, 4) is 16.9 Å². The Hall–Kier alpha value is -3.35. The summed E-state index contributed by atoms with van der Waals surface area (Å²) in [4.78, 5) is 20.4. The number of anilines is 1. The molecule has 0 unspecified atom stereocenters. The van der Waals surface area contributed by atoms with Crippen molar-refractivity contribution in [2.75, 3.05) is 70.9 Å². The Morgan fingerprint density at radius 3 is 2.41 bits per heavy atom. The standard InChI is InChI=1S/C33H42N4O2/c1-39-30-12-6-9-27(25-30)15-20-36-21-23-37(24-22-36)32-14-3-2-13-31(32)28-10-7-11-29(26-28)33(38)34-16-8-19-35-17-4-5-18-35/h2-3,6-7,9-14,25-26H,4-5,8,15-24H2,1H3,(H,34,38). The highest BCUT2D eigenvalue weighted by atomic mass is 16.5. The van der Waals surface area contributed by atoms with Crippen LogP contribution < -0.4 is 15.0 Å². The Bertz CT molecular complexity index is 1220. The number of para-hydroxylation sites is 1. The van der Waals surface area contributed by atoms with Crippen molar-refractivity contribution in [1.29, 1.82) is 0 Å². The van der Waals surface area contributed by atoms with Gasteiger partial charge in [0.1, 0.15) is 5.75 Å². The monoisotopic (exact) mass is 526 g/mol. The highest BCUT2D eigenvalue weighted by Crippen LogP contribution is 2.32. The van der Waals surface area contributed by atoms with Crippen molar-refractivity contribution in [3.63, 3.8) is 0 Å². The number of hydrogen-bond acceptors (Lipinski definition) is 5. The molecule has 6 heteroatoms. The molecule has 0 radical (unpaired) electrons. The predicted molar refractivity (Wildman–Crippen MR) is 160 cm³/mol. The summed E-state index contributed by atoms with van der Waals surface area (Å²) in [5.74, 6) is 0.938. The van der Waals surface area contributed by atoms with E-state index in [0.717, 1.165) is 75.5 Å². The molecular formula is C33H42N4O2.